The molecule has 0 spiro atoms. The highest BCUT2D eigenvalue weighted by atomic mass is 32.2. The van der Waals surface area contributed by atoms with Gasteiger partial charge in [-0.2, -0.15) is 0 Å². The van der Waals surface area contributed by atoms with Gasteiger partial charge in [0.2, 0.25) is 11.8 Å². The van der Waals surface area contributed by atoms with E-state index in [9.17, 15) is 9.59 Å². The molecule has 1 aromatic heterocycles. The van der Waals surface area contributed by atoms with Crippen molar-refractivity contribution >= 4 is 23.6 Å². The van der Waals surface area contributed by atoms with E-state index < -0.39 is 0 Å². The summed E-state index contributed by atoms with van der Waals surface area (Å²) in [5.41, 5.74) is 5.25. The molecule has 1 aromatic rings. The molecule has 1 atom stereocenters. The van der Waals surface area contributed by atoms with Gasteiger partial charge in [-0.1, -0.05) is 25.6 Å². The Kier molecular flexibility index (Phi) is 6.04. The monoisotopic (exact) mass is 339 g/mol. The van der Waals surface area contributed by atoms with Gasteiger partial charge in [0, 0.05) is 25.4 Å². The molecule has 0 aromatic carbocycles. The van der Waals surface area contributed by atoms with Crippen LogP contribution in [0.4, 0.5) is 0 Å². The maximum Gasteiger partial charge on any atom is 0.233 e. The lowest BCUT2D eigenvalue weighted by atomic mass is 10.2. The molecule has 1 unspecified atom stereocenters. The summed E-state index contributed by atoms with van der Waals surface area (Å²) >= 11 is 1.37. The van der Waals surface area contributed by atoms with Crippen LogP contribution in [0.15, 0.2) is 5.16 Å². The summed E-state index contributed by atoms with van der Waals surface area (Å²) in [5.74, 6) is 1.38. The number of nitrogens with zero attached hydrogens (tertiary/aromatic N) is 3. The van der Waals surface area contributed by atoms with E-state index in [0.29, 0.717) is 30.1 Å². The molecule has 128 valence electrons. The number of carbonyl (C=O) groups is 2. The van der Waals surface area contributed by atoms with E-state index in [-0.39, 0.29) is 23.5 Å². The first-order chi connectivity index (χ1) is 10.9. The first kappa shape index (κ1) is 17.8. The van der Waals surface area contributed by atoms with Crippen molar-refractivity contribution in [2.75, 3.05) is 6.54 Å². The minimum Gasteiger partial charge on any atom is -0.370 e. The van der Waals surface area contributed by atoms with Gasteiger partial charge in [-0.15, -0.1) is 10.2 Å². The maximum atomic E-state index is 12.1. The van der Waals surface area contributed by atoms with Crippen molar-refractivity contribution in [3.63, 3.8) is 0 Å². The van der Waals surface area contributed by atoms with E-state index in [1.165, 1.54) is 11.8 Å². The molecule has 2 amide bonds. The zero-order chi connectivity index (χ0) is 17.0. The number of hydrogen-bond donors (Lipinski definition) is 2. The van der Waals surface area contributed by atoms with Gasteiger partial charge < -0.3 is 15.6 Å². The van der Waals surface area contributed by atoms with E-state index in [4.69, 9.17) is 5.73 Å². The van der Waals surface area contributed by atoms with Crippen LogP contribution in [-0.4, -0.2) is 38.4 Å². The van der Waals surface area contributed by atoms with Crippen molar-refractivity contribution in [2.45, 2.75) is 62.9 Å². The SMILES string of the molecule is CC(C)CNC(=O)C(C)Sc1nnc(C2CC2)n1CCC(N)=O. The molecule has 7 nitrogen and oxygen atoms in total. The molecule has 1 aliphatic carbocycles. The molecular weight excluding hydrogens is 314 g/mol. The average Bonchev–Trinajstić information content (AvgIpc) is 3.25. The van der Waals surface area contributed by atoms with Gasteiger partial charge in [-0.25, -0.2) is 0 Å². The number of carbonyl (C=O) groups excluding carboxylic acids is 2. The predicted octanol–water partition coefficient (Wildman–Crippen LogP) is 1.28. The second-order valence-electron chi connectivity index (χ2n) is 6.38. The van der Waals surface area contributed by atoms with Gasteiger partial charge in [-0.05, 0) is 25.7 Å². The zero-order valence-corrected chi connectivity index (χ0v) is 14.7. The molecule has 1 fully saturated rings. The summed E-state index contributed by atoms with van der Waals surface area (Å²) in [5, 5.41) is 11.8. The second kappa shape index (κ2) is 7.81. The van der Waals surface area contributed by atoms with Crippen molar-refractivity contribution in [2.24, 2.45) is 11.7 Å². The quantitative estimate of drug-likeness (QED) is 0.660. The maximum absolute atomic E-state index is 12.1. The lowest BCUT2D eigenvalue weighted by Gasteiger charge is -2.14. The molecule has 8 heteroatoms. The van der Waals surface area contributed by atoms with Crippen LogP contribution in [0.1, 0.15) is 51.8 Å². The largest absolute Gasteiger partial charge is 0.370 e. The number of nitrogens with two attached hydrogens (primary N) is 1. The third-order valence-corrected chi connectivity index (χ3v) is 4.69. The smallest absolute Gasteiger partial charge is 0.233 e. The second-order valence-corrected chi connectivity index (χ2v) is 7.69. The van der Waals surface area contributed by atoms with Gasteiger partial charge in [0.25, 0.3) is 0 Å². The molecule has 1 aliphatic rings. The van der Waals surface area contributed by atoms with Gasteiger partial charge in [0.1, 0.15) is 5.82 Å². The lowest BCUT2D eigenvalue weighted by Crippen LogP contribution is -2.33. The fourth-order valence-electron chi connectivity index (χ4n) is 2.12. The van der Waals surface area contributed by atoms with Crippen molar-refractivity contribution < 1.29 is 9.59 Å². The zero-order valence-electron chi connectivity index (χ0n) is 13.9. The molecular formula is C15H25N5O2S. The molecule has 23 heavy (non-hydrogen) atoms. The molecule has 2 rings (SSSR count). The van der Waals surface area contributed by atoms with Crippen LogP contribution >= 0.6 is 11.8 Å². The number of nitrogens with one attached hydrogen (secondary N) is 1. The molecule has 1 heterocycles. The highest BCUT2D eigenvalue weighted by molar-refractivity contribution is 8.00. The Labute approximate surface area is 140 Å². The first-order valence-corrected chi connectivity index (χ1v) is 8.92. The third kappa shape index (κ3) is 5.23. The van der Waals surface area contributed by atoms with Crippen LogP contribution in [0.2, 0.25) is 0 Å². The molecule has 0 bridgehead atoms. The van der Waals surface area contributed by atoms with E-state index in [1.54, 1.807) is 0 Å². The molecule has 3 N–H and O–H groups in total. The average molecular weight is 339 g/mol. The number of primary amides is 1. The van der Waals surface area contributed by atoms with Crippen LogP contribution in [0.3, 0.4) is 0 Å². The van der Waals surface area contributed by atoms with E-state index >= 15 is 0 Å². The minimum atomic E-state index is -0.348. The van der Waals surface area contributed by atoms with Crippen LogP contribution in [0, 0.1) is 5.92 Å². The van der Waals surface area contributed by atoms with Crippen LogP contribution in [0.25, 0.3) is 0 Å². The fraction of sp³-hybridized carbons (Fsp3) is 0.733. The van der Waals surface area contributed by atoms with E-state index in [0.717, 1.165) is 18.7 Å². The standard InChI is InChI=1S/C15H25N5O2S/c1-9(2)8-17-14(22)10(3)23-15-19-18-13(11-4-5-11)20(15)7-6-12(16)21/h9-11H,4-8H2,1-3H3,(H2,16,21)(H,17,22). The van der Waals surface area contributed by atoms with Gasteiger partial charge in [0.05, 0.1) is 5.25 Å². The topological polar surface area (TPSA) is 103 Å². The van der Waals surface area contributed by atoms with Crippen molar-refractivity contribution in [3.05, 3.63) is 5.82 Å². The number of aromatic nitrogens is 3. The summed E-state index contributed by atoms with van der Waals surface area (Å²) < 4.78 is 1.94. The van der Waals surface area contributed by atoms with Crippen LogP contribution in [-0.2, 0) is 16.1 Å². The number of thioether (sulfide) groups is 1. The van der Waals surface area contributed by atoms with E-state index in [2.05, 4.69) is 29.4 Å². The molecule has 0 radical (unpaired) electrons. The normalized spacial score (nSPS) is 15.7. The molecule has 1 saturated carbocycles. The van der Waals surface area contributed by atoms with Gasteiger partial charge in [0.15, 0.2) is 5.16 Å². The highest BCUT2D eigenvalue weighted by Crippen LogP contribution is 2.40. The van der Waals surface area contributed by atoms with Crippen molar-refractivity contribution in [1.29, 1.82) is 0 Å². The van der Waals surface area contributed by atoms with Crippen molar-refractivity contribution in [3.8, 4) is 0 Å². The Morgan fingerprint density at radius 2 is 2.04 bits per heavy atom. The van der Waals surface area contributed by atoms with Crippen molar-refractivity contribution in [1.82, 2.24) is 20.1 Å². The Bertz CT molecular complexity index is 568. The summed E-state index contributed by atoms with van der Waals surface area (Å²) in [4.78, 5) is 23.2. The fourth-order valence-corrected chi connectivity index (χ4v) is 3.03. The number of amides is 2. The Morgan fingerprint density at radius 1 is 1.35 bits per heavy atom. The minimum absolute atomic E-state index is 0.0128. The first-order valence-electron chi connectivity index (χ1n) is 8.04. The summed E-state index contributed by atoms with van der Waals surface area (Å²) in [7, 11) is 0. The highest BCUT2D eigenvalue weighted by Gasteiger charge is 2.31. The Hall–Kier alpha value is -1.57. The Balaban J connectivity index is 2.03. The van der Waals surface area contributed by atoms with Gasteiger partial charge in [-0.3, -0.25) is 9.59 Å². The summed E-state index contributed by atoms with van der Waals surface area (Å²) in [6, 6.07) is 0. The van der Waals surface area contributed by atoms with Crippen LogP contribution < -0.4 is 11.1 Å². The summed E-state index contributed by atoms with van der Waals surface area (Å²) in [6.45, 7) is 7.09. The van der Waals surface area contributed by atoms with Gasteiger partial charge >= 0.3 is 0 Å². The van der Waals surface area contributed by atoms with Crippen LogP contribution in [0.5, 0.6) is 0 Å². The summed E-state index contributed by atoms with van der Waals surface area (Å²) in [6.07, 6.45) is 2.45. The Morgan fingerprint density at radius 3 is 2.61 bits per heavy atom. The van der Waals surface area contributed by atoms with E-state index in [1.807, 2.05) is 11.5 Å². The third-order valence-electron chi connectivity index (χ3n) is 3.61. The molecule has 0 saturated heterocycles. The molecule has 0 aliphatic heterocycles. The number of hydrogen-bond acceptors (Lipinski definition) is 5. The predicted molar refractivity (Wildman–Crippen MR) is 89.0 cm³/mol. The lowest BCUT2D eigenvalue weighted by molar-refractivity contribution is -0.120. The number of rotatable bonds is 9.